The van der Waals surface area contributed by atoms with E-state index in [4.69, 9.17) is 5.26 Å². The van der Waals surface area contributed by atoms with Gasteiger partial charge in [-0.25, -0.2) is 4.98 Å². The van der Waals surface area contributed by atoms with Gasteiger partial charge in [0.1, 0.15) is 5.82 Å². The van der Waals surface area contributed by atoms with Gasteiger partial charge in [0, 0.05) is 31.5 Å². The van der Waals surface area contributed by atoms with Crippen molar-refractivity contribution in [1.82, 2.24) is 14.5 Å². The number of hydrogen-bond donors (Lipinski definition) is 0. The van der Waals surface area contributed by atoms with Crippen LogP contribution in [0.25, 0.3) is 0 Å². The Kier molecular flexibility index (Phi) is 4.32. The van der Waals surface area contributed by atoms with Gasteiger partial charge in [-0.05, 0) is 20.8 Å². The number of aryl methyl sites for hydroxylation is 1. The summed E-state index contributed by atoms with van der Waals surface area (Å²) in [4.78, 5) is 6.32. The minimum atomic E-state index is 0.411. The summed E-state index contributed by atoms with van der Waals surface area (Å²) >= 11 is 0. The first-order chi connectivity index (χ1) is 7.15. The molecule has 0 saturated heterocycles. The molecule has 0 bridgehead atoms. The van der Waals surface area contributed by atoms with Crippen molar-refractivity contribution in [2.24, 2.45) is 0 Å². The second-order valence-corrected chi connectivity index (χ2v) is 3.89. The molecule has 0 aromatic carbocycles. The second-order valence-electron chi connectivity index (χ2n) is 3.89. The van der Waals surface area contributed by atoms with Crippen LogP contribution in [-0.2, 0) is 6.54 Å². The number of rotatable bonds is 5. The molecule has 0 saturated carbocycles. The molecular weight excluding hydrogens is 188 g/mol. The largest absolute Gasteiger partial charge is 0.334 e. The smallest absolute Gasteiger partial charge is 0.105 e. The predicted molar refractivity (Wildman–Crippen MR) is 59.3 cm³/mol. The maximum Gasteiger partial charge on any atom is 0.105 e. The first kappa shape index (κ1) is 11.7. The zero-order valence-electron chi connectivity index (χ0n) is 9.64. The molecule has 4 heteroatoms. The fourth-order valence-corrected chi connectivity index (χ4v) is 1.49. The second kappa shape index (κ2) is 5.52. The Hall–Kier alpha value is -1.34. The fourth-order valence-electron chi connectivity index (χ4n) is 1.49. The van der Waals surface area contributed by atoms with Crippen LogP contribution in [0.3, 0.4) is 0 Å². The minimum Gasteiger partial charge on any atom is -0.334 e. The van der Waals surface area contributed by atoms with Crippen molar-refractivity contribution in [1.29, 1.82) is 5.26 Å². The Morgan fingerprint density at radius 1 is 1.60 bits per heavy atom. The number of aromatic nitrogens is 2. The summed E-state index contributed by atoms with van der Waals surface area (Å²) in [5.41, 5.74) is 0. The van der Waals surface area contributed by atoms with E-state index < -0.39 is 0 Å². The van der Waals surface area contributed by atoms with E-state index in [9.17, 15) is 0 Å². The number of imidazole rings is 1. The molecule has 82 valence electrons. The van der Waals surface area contributed by atoms with Crippen LogP contribution in [0.15, 0.2) is 12.4 Å². The van der Waals surface area contributed by atoms with Crippen LogP contribution in [0.2, 0.25) is 0 Å². The number of nitriles is 1. The maximum atomic E-state index is 8.69. The summed E-state index contributed by atoms with van der Waals surface area (Å²) in [7, 11) is 0. The fraction of sp³-hybridized carbons (Fsp3) is 0.636. The van der Waals surface area contributed by atoms with Crippen LogP contribution in [0, 0.1) is 18.3 Å². The van der Waals surface area contributed by atoms with E-state index in [2.05, 4.69) is 34.4 Å². The molecule has 0 atom stereocenters. The van der Waals surface area contributed by atoms with Gasteiger partial charge in [0.05, 0.1) is 12.6 Å². The van der Waals surface area contributed by atoms with Crippen molar-refractivity contribution in [2.45, 2.75) is 33.4 Å². The monoisotopic (exact) mass is 206 g/mol. The van der Waals surface area contributed by atoms with Crippen LogP contribution in [0.1, 0.15) is 19.7 Å². The van der Waals surface area contributed by atoms with E-state index in [0.29, 0.717) is 12.6 Å². The minimum absolute atomic E-state index is 0.411. The van der Waals surface area contributed by atoms with Gasteiger partial charge < -0.3 is 4.57 Å². The highest BCUT2D eigenvalue weighted by atomic mass is 15.2. The molecule has 1 aromatic rings. The molecule has 0 amide bonds. The molecule has 0 aliphatic rings. The number of hydrogen-bond acceptors (Lipinski definition) is 3. The van der Waals surface area contributed by atoms with Gasteiger partial charge in [-0.3, -0.25) is 4.90 Å². The summed E-state index contributed by atoms with van der Waals surface area (Å²) in [5, 5.41) is 8.69. The van der Waals surface area contributed by atoms with E-state index in [1.165, 1.54) is 0 Å². The summed E-state index contributed by atoms with van der Waals surface area (Å²) in [6.07, 6.45) is 3.78. The van der Waals surface area contributed by atoms with Crippen LogP contribution in [0.4, 0.5) is 0 Å². The molecule has 1 aromatic heterocycles. The molecule has 4 nitrogen and oxygen atoms in total. The first-order valence-electron chi connectivity index (χ1n) is 5.24. The summed E-state index contributed by atoms with van der Waals surface area (Å²) < 4.78 is 2.10. The zero-order chi connectivity index (χ0) is 11.3. The quantitative estimate of drug-likeness (QED) is 0.684. The highest BCUT2D eigenvalue weighted by Crippen LogP contribution is 2.00. The van der Waals surface area contributed by atoms with Gasteiger partial charge in [-0.15, -0.1) is 0 Å². The molecular formula is C11H18N4. The topological polar surface area (TPSA) is 44.9 Å². The van der Waals surface area contributed by atoms with Crippen molar-refractivity contribution in [3.8, 4) is 6.07 Å². The lowest BCUT2D eigenvalue weighted by atomic mass is 10.3. The Balaban J connectivity index is 2.48. The average Bonchev–Trinajstić information content (AvgIpc) is 2.58. The normalized spacial score (nSPS) is 10.9. The van der Waals surface area contributed by atoms with E-state index in [1.54, 1.807) is 6.20 Å². The molecule has 0 fully saturated rings. The van der Waals surface area contributed by atoms with Crippen LogP contribution in [0.5, 0.6) is 0 Å². The third-order valence-corrected chi connectivity index (χ3v) is 2.56. The van der Waals surface area contributed by atoms with Crippen LogP contribution in [-0.4, -0.2) is 33.6 Å². The van der Waals surface area contributed by atoms with Gasteiger partial charge in [-0.1, -0.05) is 0 Å². The SMILES string of the molecule is Cc1nccn1CCN(CC#N)C(C)C. The van der Waals surface area contributed by atoms with Crippen molar-refractivity contribution in [3.63, 3.8) is 0 Å². The Morgan fingerprint density at radius 3 is 2.80 bits per heavy atom. The molecule has 0 radical (unpaired) electrons. The van der Waals surface area contributed by atoms with Crippen molar-refractivity contribution in [2.75, 3.05) is 13.1 Å². The highest BCUT2D eigenvalue weighted by Gasteiger charge is 2.08. The van der Waals surface area contributed by atoms with Gasteiger partial charge in [0.15, 0.2) is 0 Å². The first-order valence-corrected chi connectivity index (χ1v) is 5.24. The lowest BCUT2D eigenvalue weighted by Gasteiger charge is -2.23. The predicted octanol–water partition coefficient (Wildman–Crippen LogP) is 1.43. The molecule has 0 spiro atoms. The number of nitrogens with zero attached hydrogens (tertiary/aromatic N) is 4. The summed E-state index contributed by atoms with van der Waals surface area (Å²) in [6.45, 7) is 8.49. The Labute approximate surface area is 91.1 Å². The van der Waals surface area contributed by atoms with E-state index in [1.807, 2.05) is 13.1 Å². The lowest BCUT2D eigenvalue weighted by molar-refractivity contribution is 0.238. The molecule has 1 rings (SSSR count). The van der Waals surface area contributed by atoms with Crippen molar-refractivity contribution < 1.29 is 0 Å². The zero-order valence-corrected chi connectivity index (χ0v) is 9.64. The van der Waals surface area contributed by atoms with Crippen molar-refractivity contribution in [3.05, 3.63) is 18.2 Å². The average molecular weight is 206 g/mol. The van der Waals surface area contributed by atoms with E-state index in [0.717, 1.165) is 18.9 Å². The molecule has 0 unspecified atom stereocenters. The molecule has 0 N–H and O–H groups in total. The van der Waals surface area contributed by atoms with Crippen LogP contribution < -0.4 is 0 Å². The van der Waals surface area contributed by atoms with E-state index in [-0.39, 0.29) is 0 Å². The molecule has 0 aliphatic heterocycles. The van der Waals surface area contributed by atoms with E-state index >= 15 is 0 Å². The third kappa shape index (κ3) is 3.37. The summed E-state index contributed by atoms with van der Waals surface area (Å²) in [6, 6.07) is 2.61. The van der Waals surface area contributed by atoms with Crippen LogP contribution >= 0.6 is 0 Å². The highest BCUT2D eigenvalue weighted by molar-refractivity contribution is 4.89. The molecule has 0 aliphatic carbocycles. The summed E-state index contributed by atoms with van der Waals surface area (Å²) in [5.74, 6) is 1.02. The van der Waals surface area contributed by atoms with Gasteiger partial charge in [-0.2, -0.15) is 5.26 Å². The molecule has 15 heavy (non-hydrogen) atoms. The maximum absolute atomic E-state index is 8.69. The van der Waals surface area contributed by atoms with Gasteiger partial charge >= 0.3 is 0 Å². The Morgan fingerprint density at radius 2 is 2.33 bits per heavy atom. The standard InChI is InChI=1S/C11H18N4/c1-10(2)14(6-4-12)8-9-15-7-5-13-11(15)3/h5,7,10H,6,8-9H2,1-3H3. The van der Waals surface area contributed by atoms with Gasteiger partial charge in [0.25, 0.3) is 0 Å². The third-order valence-electron chi connectivity index (χ3n) is 2.56. The Bertz CT molecular complexity index is 335. The lowest BCUT2D eigenvalue weighted by Crippen LogP contribution is -2.34. The molecule has 1 heterocycles. The van der Waals surface area contributed by atoms with Gasteiger partial charge in [0.2, 0.25) is 0 Å². The van der Waals surface area contributed by atoms with Crippen molar-refractivity contribution >= 4 is 0 Å².